The molecule has 1 atom stereocenters. The van der Waals surface area contributed by atoms with Gasteiger partial charge >= 0.3 is 0 Å². The lowest BCUT2D eigenvalue weighted by Crippen LogP contribution is -2.48. The van der Waals surface area contributed by atoms with Crippen LogP contribution < -0.4 is 5.32 Å². The Bertz CT molecular complexity index is 273. The fraction of sp³-hybridized carbons (Fsp3) is 1.00. The van der Waals surface area contributed by atoms with Crippen LogP contribution in [-0.4, -0.2) is 23.1 Å². The first-order chi connectivity index (χ1) is 8.81. The molecule has 0 aromatic carbocycles. The van der Waals surface area contributed by atoms with Crippen LogP contribution in [0.4, 0.5) is 0 Å². The Morgan fingerprint density at radius 3 is 2.22 bits per heavy atom. The van der Waals surface area contributed by atoms with E-state index >= 15 is 0 Å². The van der Waals surface area contributed by atoms with Gasteiger partial charge in [-0.25, -0.2) is 0 Å². The van der Waals surface area contributed by atoms with E-state index < -0.39 is 0 Å². The summed E-state index contributed by atoms with van der Waals surface area (Å²) in [6.45, 7) is 1.27. The number of hydrogen-bond acceptors (Lipinski definition) is 2. The Morgan fingerprint density at radius 2 is 1.67 bits per heavy atom. The highest BCUT2D eigenvalue weighted by atomic mass is 32.2. The molecule has 0 spiro atoms. The van der Waals surface area contributed by atoms with E-state index in [-0.39, 0.29) is 0 Å². The summed E-state index contributed by atoms with van der Waals surface area (Å²) in [6, 6.07) is 0.853. The number of rotatable bonds is 4. The topological polar surface area (TPSA) is 12.0 Å². The summed E-state index contributed by atoms with van der Waals surface area (Å²) >= 11 is 2.38. The van der Waals surface area contributed by atoms with Gasteiger partial charge in [0.05, 0.1) is 0 Å². The molecule has 0 amide bonds. The maximum atomic E-state index is 3.65. The van der Waals surface area contributed by atoms with Crippen molar-refractivity contribution in [1.82, 2.24) is 5.32 Å². The zero-order chi connectivity index (χ0) is 12.0. The van der Waals surface area contributed by atoms with Crippen molar-refractivity contribution in [2.45, 2.75) is 68.6 Å². The molecule has 0 aromatic heterocycles. The zero-order valence-corrected chi connectivity index (χ0v) is 12.3. The van der Waals surface area contributed by atoms with Gasteiger partial charge in [0.25, 0.3) is 0 Å². The quantitative estimate of drug-likeness (QED) is 0.829. The lowest BCUT2D eigenvalue weighted by molar-refractivity contribution is 0.0383. The molecule has 4 aliphatic carbocycles. The molecule has 1 N–H and O–H groups in total. The smallest absolute Gasteiger partial charge is 0.0168 e. The first kappa shape index (κ1) is 12.1. The summed E-state index contributed by atoms with van der Waals surface area (Å²) in [5.41, 5.74) is 0. The maximum absolute atomic E-state index is 3.65. The van der Waals surface area contributed by atoms with Crippen LogP contribution in [-0.2, 0) is 0 Å². The van der Waals surface area contributed by atoms with E-state index in [1.807, 2.05) is 0 Å². The van der Waals surface area contributed by atoms with Crippen molar-refractivity contribution in [1.29, 1.82) is 0 Å². The zero-order valence-electron chi connectivity index (χ0n) is 11.5. The molecule has 1 heterocycles. The first-order valence-electron chi connectivity index (χ1n) is 8.19. The SMILES string of the molecule is C1CN[C@H](CCSC23CC4CC(CC(C4)C2)C3)C1. The van der Waals surface area contributed by atoms with Gasteiger partial charge in [0, 0.05) is 10.8 Å². The van der Waals surface area contributed by atoms with Crippen LogP contribution in [0.2, 0.25) is 0 Å². The lowest BCUT2D eigenvalue weighted by atomic mass is 9.56. The molecule has 4 bridgehead atoms. The third-order valence-electron chi connectivity index (χ3n) is 6.02. The van der Waals surface area contributed by atoms with Gasteiger partial charge in [-0.3, -0.25) is 0 Å². The highest BCUT2D eigenvalue weighted by Crippen LogP contribution is 2.60. The van der Waals surface area contributed by atoms with Gasteiger partial charge in [-0.05, 0) is 87.8 Å². The second kappa shape index (κ2) is 4.70. The van der Waals surface area contributed by atoms with E-state index in [1.165, 1.54) is 31.6 Å². The van der Waals surface area contributed by atoms with Crippen LogP contribution in [0.15, 0.2) is 0 Å². The highest BCUT2D eigenvalue weighted by molar-refractivity contribution is 8.00. The van der Waals surface area contributed by atoms with Crippen molar-refractivity contribution >= 4 is 11.8 Å². The van der Waals surface area contributed by atoms with E-state index in [0.29, 0.717) is 0 Å². The standard InChI is InChI=1S/C16H27NS/c1-2-15(17-4-1)3-5-18-16-9-12-6-13(10-16)8-14(7-12)11-16/h12-15,17H,1-11H2/t12?,13?,14?,15-,16?/m0/s1. The Hall–Kier alpha value is 0.310. The van der Waals surface area contributed by atoms with Gasteiger partial charge in [-0.2, -0.15) is 11.8 Å². The third kappa shape index (κ3) is 2.24. The molecule has 1 nitrogen and oxygen atoms in total. The Kier molecular flexibility index (Phi) is 3.15. The summed E-state index contributed by atoms with van der Waals surface area (Å²) in [4.78, 5) is 0. The molecular weight excluding hydrogens is 238 g/mol. The minimum atomic E-state index is 0.743. The molecular formula is C16H27NS. The van der Waals surface area contributed by atoms with Crippen LogP contribution in [0.25, 0.3) is 0 Å². The molecule has 1 aliphatic heterocycles. The van der Waals surface area contributed by atoms with Gasteiger partial charge < -0.3 is 5.32 Å². The van der Waals surface area contributed by atoms with Gasteiger partial charge in [-0.1, -0.05) is 0 Å². The summed E-state index contributed by atoms with van der Waals surface area (Å²) in [5, 5.41) is 3.65. The molecule has 1 saturated heterocycles. The molecule has 5 aliphatic rings. The molecule has 102 valence electrons. The average Bonchev–Trinajstić information content (AvgIpc) is 2.79. The van der Waals surface area contributed by atoms with Crippen molar-refractivity contribution in [3.05, 3.63) is 0 Å². The molecule has 4 saturated carbocycles. The van der Waals surface area contributed by atoms with E-state index in [0.717, 1.165) is 28.5 Å². The normalized spacial score (nSPS) is 50.0. The number of thioether (sulfide) groups is 1. The Balaban J connectivity index is 1.33. The molecule has 5 fully saturated rings. The van der Waals surface area contributed by atoms with Crippen molar-refractivity contribution in [3.8, 4) is 0 Å². The Labute approximate surface area is 116 Å². The predicted molar refractivity (Wildman–Crippen MR) is 79.0 cm³/mol. The van der Waals surface area contributed by atoms with Crippen LogP contribution in [0.1, 0.15) is 57.8 Å². The molecule has 18 heavy (non-hydrogen) atoms. The Morgan fingerprint density at radius 1 is 1.00 bits per heavy atom. The van der Waals surface area contributed by atoms with E-state index in [4.69, 9.17) is 0 Å². The van der Waals surface area contributed by atoms with Crippen molar-refractivity contribution < 1.29 is 0 Å². The second-order valence-electron chi connectivity index (χ2n) is 7.53. The van der Waals surface area contributed by atoms with Crippen molar-refractivity contribution in [2.24, 2.45) is 17.8 Å². The second-order valence-corrected chi connectivity index (χ2v) is 9.09. The van der Waals surface area contributed by atoms with Crippen molar-refractivity contribution in [2.75, 3.05) is 12.3 Å². The lowest BCUT2D eigenvalue weighted by Gasteiger charge is -2.56. The van der Waals surface area contributed by atoms with Gasteiger partial charge in [0.2, 0.25) is 0 Å². The van der Waals surface area contributed by atoms with Gasteiger partial charge in [-0.15, -0.1) is 0 Å². The fourth-order valence-electron chi connectivity index (χ4n) is 5.63. The molecule has 0 unspecified atom stereocenters. The largest absolute Gasteiger partial charge is 0.314 e. The van der Waals surface area contributed by atoms with Crippen LogP contribution in [0, 0.1) is 17.8 Å². The van der Waals surface area contributed by atoms with E-state index in [2.05, 4.69) is 17.1 Å². The summed E-state index contributed by atoms with van der Waals surface area (Å²) in [6.07, 6.45) is 13.7. The molecule has 0 radical (unpaired) electrons. The molecule has 0 aromatic rings. The fourth-order valence-corrected chi connectivity index (χ4v) is 7.52. The predicted octanol–water partition coefficient (Wildman–Crippen LogP) is 3.83. The van der Waals surface area contributed by atoms with Gasteiger partial charge in [0.15, 0.2) is 0 Å². The van der Waals surface area contributed by atoms with E-state index in [1.54, 1.807) is 38.5 Å². The summed E-state index contributed by atoms with van der Waals surface area (Å²) in [5.74, 6) is 4.78. The third-order valence-corrected chi connectivity index (χ3v) is 7.57. The van der Waals surface area contributed by atoms with Crippen molar-refractivity contribution in [3.63, 3.8) is 0 Å². The van der Waals surface area contributed by atoms with Crippen LogP contribution >= 0.6 is 11.8 Å². The summed E-state index contributed by atoms with van der Waals surface area (Å²) in [7, 11) is 0. The minimum Gasteiger partial charge on any atom is -0.314 e. The van der Waals surface area contributed by atoms with Gasteiger partial charge in [0.1, 0.15) is 0 Å². The van der Waals surface area contributed by atoms with Crippen LogP contribution in [0.5, 0.6) is 0 Å². The number of nitrogens with one attached hydrogen (secondary N) is 1. The van der Waals surface area contributed by atoms with Crippen LogP contribution in [0.3, 0.4) is 0 Å². The maximum Gasteiger partial charge on any atom is 0.0168 e. The first-order valence-corrected chi connectivity index (χ1v) is 9.17. The highest BCUT2D eigenvalue weighted by Gasteiger charge is 2.50. The average molecular weight is 265 g/mol. The summed E-state index contributed by atoms with van der Waals surface area (Å²) < 4.78 is 0.743. The monoisotopic (exact) mass is 265 g/mol. The number of hydrogen-bond donors (Lipinski definition) is 1. The minimum absolute atomic E-state index is 0.743. The molecule has 2 heteroatoms. The van der Waals surface area contributed by atoms with E-state index in [9.17, 15) is 0 Å². The molecule has 5 rings (SSSR count).